The fourth-order valence-corrected chi connectivity index (χ4v) is 5.54. The highest BCUT2D eigenvalue weighted by Crippen LogP contribution is 2.42. The van der Waals surface area contributed by atoms with Crippen LogP contribution in [0.25, 0.3) is 0 Å². The van der Waals surface area contributed by atoms with Crippen molar-refractivity contribution in [3.63, 3.8) is 0 Å². The molecule has 1 saturated carbocycles. The Labute approximate surface area is 130 Å². The Bertz CT molecular complexity index is 378. The molecule has 0 amide bonds. The number of rotatable bonds is 3. The van der Waals surface area contributed by atoms with Crippen LogP contribution in [0.5, 0.6) is 0 Å². The number of hydrogen-bond donors (Lipinski definition) is 3. The van der Waals surface area contributed by atoms with Crippen LogP contribution in [0.2, 0.25) is 0 Å². The number of likely N-dealkylation sites (tertiary alicyclic amines) is 1. The Morgan fingerprint density at radius 1 is 0.905 bits per heavy atom. The summed E-state index contributed by atoms with van der Waals surface area (Å²) in [5.41, 5.74) is 0. The van der Waals surface area contributed by atoms with Gasteiger partial charge in [0.1, 0.15) is 26.2 Å². The van der Waals surface area contributed by atoms with E-state index in [1.54, 1.807) is 4.90 Å². The molecule has 3 heteroatoms. The summed E-state index contributed by atoms with van der Waals surface area (Å²) >= 11 is 0. The number of likely N-dealkylation sites (N-methyl/N-ethyl adjacent to an activating group) is 1. The molecule has 3 N–H and O–H groups in total. The Hall–Kier alpha value is -0.380. The van der Waals surface area contributed by atoms with Crippen molar-refractivity contribution >= 4 is 0 Å². The fraction of sp³-hybridized carbons (Fsp3) is 0.889. The number of allylic oxidation sites excluding steroid dienone is 2. The first-order chi connectivity index (χ1) is 10.3. The minimum Gasteiger partial charge on any atom is -0.334 e. The molecule has 2 heterocycles. The minimum absolute atomic E-state index is 0.950. The van der Waals surface area contributed by atoms with Gasteiger partial charge in [-0.3, -0.25) is 0 Å². The van der Waals surface area contributed by atoms with Crippen LogP contribution in [0.1, 0.15) is 25.7 Å². The van der Waals surface area contributed by atoms with Crippen molar-refractivity contribution in [2.75, 3.05) is 52.9 Å². The molecule has 3 atom stereocenters. The zero-order chi connectivity index (χ0) is 14.2. The highest BCUT2D eigenvalue weighted by atomic mass is 15.3. The third-order valence-corrected chi connectivity index (χ3v) is 6.98. The van der Waals surface area contributed by atoms with E-state index in [-0.39, 0.29) is 0 Å². The molecule has 2 saturated heterocycles. The van der Waals surface area contributed by atoms with Gasteiger partial charge in [0.15, 0.2) is 0 Å². The van der Waals surface area contributed by atoms with Gasteiger partial charge in [0.05, 0.1) is 32.7 Å². The van der Waals surface area contributed by atoms with Gasteiger partial charge in [0, 0.05) is 18.8 Å². The molecular weight excluding hydrogens is 258 g/mol. The van der Waals surface area contributed by atoms with E-state index in [2.05, 4.69) is 19.2 Å². The van der Waals surface area contributed by atoms with Gasteiger partial charge in [0.25, 0.3) is 0 Å². The summed E-state index contributed by atoms with van der Waals surface area (Å²) in [5.74, 6) is 2.92. The number of piperazine rings is 1. The molecule has 3 nitrogen and oxygen atoms in total. The third kappa shape index (κ3) is 3.06. The number of nitrogens with one attached hydrogen (secondary N) is 3. The number of quaternary nitrogens is 3. The number of hydrogen-bond acceptors (Lipinski definition) is 0. The van der Waals surface area contributed by atoms with Crippen molar-refractivity contribution < 1.29 is 14.7 Å². The normalized spacial score (nSPS) is 49.7. The second kappa shape index (κ2) is 6.02. The van der Waals surface area contributed by atoms with Crippen LogP contribution in [0.3, 0.4) is 0 Å². The van der Waals surface area contributed by atoms with Crippen molar-refractivity contribution in [3.05, 3.63) is 12.2 Å². The molecule has 0 spiro atoms. The molecule has 2 aliphatic carbocycles. The molecule has 0 unspecified atom stereocenters. The third-order valence-electron chi connectivity index (χ3n) is 6.98. The summed E-state index contributed by atoms with van der Waals surface area (Å²) in [6.45, 7) is 10.00. The Morgan fingerprint density at radius 3 is 2.29 bits per heavy atom. The van der Waals surface area contributed by atoms with Gasteiger partial charge in [-0.15, -0.1) is 0 Å². The Kier molecular flexibility index (Phi) is 4.08. The van der Waals surface area contributed by atoms with Crippen molar-refractivity contribution in [1.29, 1.82) is 0 Å². The summed E-state index contributed by atoms with van der Waals surface area (Å²) in [5, 5.41) is 0. The van der Waals surface area contributed by atoms with Crippen LogP contribution < -0.4 is 14.7 Å². The van der Waals surface area contributed by atoms with Gasteiger partial charge in [-0.25, -0.2) is 0 Å². The minimum atomic E-state index is 0.950. The molecule has 2 bridgehead atoms. The zero-order valence-corrected chi connectivity index (χ0v) is 13.7. The lowest BCUT2D eigenvalue weighted by Crippen LogP contribution is -3.29. The van der Waals surface area contributed by atoms with Gasteiger partial charge in [-0.1, -0.05) is 12.2 Å². The molecule has 0 aromatic rings. The summed E-state index contributed by atoms with van der Waals surface area (Å²) < 4.78 is 0. The molecule has 21 heavy (non-hydrogen) atoms. The first-order valence-corrected chi connectivity index (χ1v) is 9.45. The summed E-state index contributed by atoms with van der Waals surface area (Å²) in [4.78, 5) is 5.60. The quantitative estimate of drug-likeness (QED) is 0.483. The highest BCUT2D eigenvalue weighted by molar-refractivity contribution is 5.09. The Morgan fingerprint density at radius 2 is 1.67 bits per heavy atom. The monoisotopic (exact) mass is 292 g/mol. The van der Waals surface area contributed by atoms with Crippen LogP contribution in [0, 0.1) is 17.8 Å². The maximum atomic E-state index is 2.53. The smallest absolute Gasteiger partial charge is 0.127 e. The summed E-state index contributed by atoms with van der Waals surface area (Å²) in [7, 11) is 2.35. The van der Waals surface area contributed by atoms with Gasteiger partial charge < -0.3 is 14.7 Å². The Balaban J connectivity index is 1.23. The maximum Gasteiger partial charge on any atom is 0.127 e. The van der Waals surface area contributed by atoms with Crippen LogP contribution in [-0.2, 0) is 0 Å². The topological polar surface area (TPSA) is 13.3 Å². The fourth-order valence-electron chi connectivity index (χ4n) is 5.54. The maximum absolute atomic E-state index is 2.53. The molecule has 4 aliphatic rings. The first kappa shape index (κ1) is 14.2. The SMILES string of the molecule is C[NH+]1CC[NH+](C2CC[NH+](C[C@H]3C[C@@H]4C=C[C@H]3C4)CC2)CC1. The molecule has 118 valence electrons. The summed E-state index contributed by atoms with van der Waals surface area (Å²) in [6, 6.07) is 0.988. The molecule has 0 radical (unpaired) electrons. The van der Waals surface area contributed by atoms with Crippen molar-refractivity contribution in [3.8, 4) is 0 Å². The van der Waals surface area contributed by atoms with E-state index in [1.165, 1.54) is 71.5 Å². The number of piperidine rings is 1. The lowest BCUT2D eigenvalue weighted by atomic mass is 9.92. The second-order valence-electron chi connectivity index (χ2n) is 8.38. The lowest BCUT2D eigenvalue weighted by molar-refractivity contribution is -1.02. The van der Waals surface area contributed by atoms with E-state index < -0.39 is 0 Å². The van der Waals surface area contributed by atoms with Gasteiger partial charge in [0.2, 0.25) is 0 Å². The first-order valence-electron chi connectivity index (χ1n) is 9.45. The molecule has 2 aliphatic heterocycles. The van der Waals surface area contributed by atoms with E-state index in [4.69, 9.17) is 0 Å². The zero-order valence-electron chi connectivity index (χ0n) is 13.7. The van der Waals surface area contributed by atoms with Crippen molar-refractivity contribution in [2.45, 2.75) is 31.7 Å². The van der Waals surface area contributed by atoms with E-state index in [0.29, 0.717) is 0 Å². The summed E-state index contributed by atoms with van der Waals surface area (Å²) in [6.07, 6.45) is 11.0. The largest absolute Gasteiger partial charge is 0.334 e. The molecular formula is C18H34N3+3. The highest BCUT2D eigenvalue weighted by Gasteiger charge is 2.39. The lowest BCUT2D eigenvalue weighted by Gasteiger charge is -2.37. The number of fused-ring (bicyclic) bond motifs is 2. The molecule has 0 aromatic heterocycles. The predicted octanol–water partition coefficient (Wildman–Crippen LogP) is -2.34. The van der Waals surface area contributed by atoms with E-state index in [1.807, 2.05) is 9.80 Å². The van der Waals surface area contributed by atoms with Crippen molar-refractivity contribution in [2.24, 2.45) is 17.8 Å². The van der Waals surface area contributed by atoms with E-state index >= 15 is 0 Å². The van der Waals surface area contributed by atoms with Crippen LogP contribution in [0.15, 0.2) is 12.2 Å². The standard InChI is InChI=1S/C18H31N3/c1-19-8-10-21(11-9-19)18-4-6-20(7-5-18)14-17-13-15-2-3-16(17)12-15/h2-3,15-18H,4-14H2,1H3/p+3/t15-,16+,17-/m1/s1. The van der Waals surface area contributed by atoms with Gasteiger partial charge in [-0.05, 0) is 24.7 Å². The molecule has 0 aromatic carbocycles. The van der Waals surface area contributed by atoms with Gasteiger partial charge >= 0.3 is 0 Å². The van der Waals surface area contributed by atoms with E-state index in [0.717, 1.165) is 23.8 Å². The average Bonchev–Trinajstić information content (AvgIpc) is 3.12. The van der Waals surface area contributed by atoms with Crippen LogP contribution in [0.4, 0.5) is 0 Å². The molecule has 3 fully saturated rings. The van der Waals surface area contributed by atoms with Crippen molar-refractivity contribution in [1.82, 2.24) is 0 Å². The predicted molar refractivity (Wildman–Crippen MR) is 84.7 cm³/mol. The van der Waals surface area contributed by atoms with Crippen LogP contribution >= 0.6 is 0 Å². The average molecular weight is 292 g/mol. The second-order valence-corrected chi connectivity index (χ2v) is 8.38. The molecule has 4 rings (SSSR count). The van der Waals surface area contributed by atoms with Crippen LogP contribution in [-0.4, -0.2) is 58.9 Å². The van der Waals surface area contributed by atoms with Gasteiger partial charge in [-0.2, -0.15) is 0 Å². The van der Waals surface area contributed by atoms with E-state index in [9.17, 15) is 0 Å².